The Bertz CT molecular complexity index is 1380. The van der Waals surface area contributed by atoms with Crippen LogP contribution in [0.5, 0.6) is 0 Å². The fourth-order valence-electron chi connectivity index (χ4n) is 4.01. The maximum atomic E-state index is 13.9. The lowest BCUT2D eigenvalue weighted by Gasteiger charge is -2.33. The molecule has 1 N–H and O–H groups in total. The van der Waals surface area contributed by atoms with Crippen molar-refractivity contribution in [3.63, 3.8) is 0 Å². The lowest BCUT2D eigenvalue weighted by atomic mass is 10.0. The minimum Gasteiger partial charge on any atom is -0.355 e. The molecule has 3 rings (SSSR count). The number of carbonyl (C=O) groups excluding carboxylic acids is 2. The lowest BCUT2D eigenvalue weighted by molar-refractivity contribution is -0.140. The summed E-state index contributed by atoms with van der Waals surface area (Å²) in [6.07, 6.45) is 1.26. The van der Waals surface area contributed by atoms with E-state index in [1.165, 1.54) is 11.0 Å². The van der Waals surface area contributed by atoms with Crippen molar-refractivity contribution >= 4 is 50.7 Å². The van der Waals surface area contributed by atoms with E-state index >= 15 is 0 Å². The molecule has 0 radical (unpaired) electrons. The molecule has 3 aromatic carbocycles. The van der Waals surface area contributed by atoms with E-state index in [2.05, 4.69) is 5.32 Å². The van der Waals surface area contributed by atoms with Crippen LogP contribution in [-0.2, 0) is 32.6 Å². The third-order valence-corrected chi connectivity index (χ3v) is 7.96. The third-order valence-electron chi connectivity index (χ3n) is 6.04. The zero-order chi connectivity index (χ0) is 27.9. The summed E-state index contributed by atoms with van der Waals surface area (Å²) in [7, 11) is -3.87. The predicted octanol–water partition coefficient (Wildman–Crippen LogP) is 4.84. The van der Waals surface area contributed by atoms with Gasteiger partial charge in [-0.1, -0.05) is 77.8 Å². The SMILES string of the molecule is CCNC(=O)[C@@H](Cc1ccccc1)N(Cc1ccccc1Cl)C(=O)CN(c1ccc(C)c(Cl)c1)S(C)(=O)=O. The van der Waals surface area contributed by atoms with Gasteiger partial charge in [0.1, 0.15) is 12.6 Å². The number of likely N-dealkylation sites (N-methyl/N-ethyl adjacent to an activating group) is 1. The molecule has 0 bridgehead atoms. The Balaban J connectivity index is 2.06. The summed E-state index contributed by atoms with van der Waals surface area (Å²) in [5.74, 6) is -0.903. The van der Waals surface area contributed by atoms with Gasteiger partial charge in [0.15, 0.2) is 0 Å². The zero-order valence-corrected chi connectivity index (χ0v) is 23.9. The summed E-state index contributed by atoms with van der Waals surface area (Å²) in [5.41, 5.74) is 2.52. The van der Waals surface area contributed by atoms with Gasteiger partial charge in [-0.05, 0) is 48.7 Å². The van der Waals surface area contributed by atoms with Crippen LogP contribution in [0.25, 0.3) is 0 Å². The molecule has 38 heavy (non-hydrogen) atoms. The monoisotopic (exact) mass is 575 g/mol. The first-order valence-corrected chi connectivity index (χ1v) is 14.7. The van der Waals surface area contributed by atoms with Crippen LogP contribution in [0.4, 0.5) is 5.69 Å². The van der Waals surface area contributed by atoms with Crippen LogP contribution in [0.15, 0.2) is 72.8 Å². The van der Waals surface area contributed by atoms with Gasteiger partial charge in [-0.2, -0.15) is 0 Å². The lowest BCUT2D eigenvalue weighted by Crippen LogP contribution is -2.53. The predicted molar refractivity (Wildman–Crippen MR) is 153 cm³/mol. The van der Waals surface area contributed by atoms with Gasteiger partial charge in [0.25, 0.3) is 0 Å². The molecular weight excluding hydrogens is 545 g/mol. The van der Waals surface area contributed by atoms with Crippen molar-refractivity contribution in [3.8, 4) is 0 Å². The van der Waals surface area contributed by atoms with Crippen molar-refractivity contribution in [3.05, 3.63) is 99.5 Å². The van der Waals surface area contributed by atoms with Crippen LogP contribution in [-0.4, -0.2) is 50.5 Å². The molecular formula is C28H31Cl2N3O4S. The summed E-state index contributed by atoms with van der Waals surface area (Å²) >= 11 is 12.7. The van der Waals surface area contributed by atoms with Crippen molar-refractivity contribution in [1.29, 1.82) is 0 Å². The summed E-state index contributed by atoms with van der Waals surface area (Å²) in [6, 6.07) is 20.3. The van der Waals surface area contributed by atoms with Gasteiger partial charge in [-0.15, -0.1) is 0 Å². The van der Waals surface area contributed by atoms with E-state index in [1.807, 2.05) is 30.3 Å². The van der Waals surface area contributed by atoms with Crippen LogP contribution in [0.2, 0.25) is 10.0 Å². The number of benzene rings is 3. The van der Waals surface area contributed by atoms with E-state index in [0.29, 0.717) is 22.2 Å². The van der Waals surface area contributed by atoms with E-state index in [0.717, 1.165) is 21.7 Å². The average Bonchev–Trinajstić information content (AvgIpc) is 2.87. The molecule has 3 aromatic rings. The number of rotatable bonds is 11. The largest absolute Gasteiger partial charge is 0.355 e. The molecule has 0 heterocycles. The number of amides is 2. The highest BCUT2D eigenvalue weighted by molar-refractivity contribution is 7.92. The quantitative estimate of drug-likeness (QED) is 0.354. The van der Waals surface area contributed by atoms with Crippen molar-refractivity contribution < 1.29 is 18.0 Å². The van der Waals surface area contributed by atoms with Gasteiger partial charge < -0.3 is 10.2 Å². The molecule has 0 saturated carbocycles. The maximum Gasteiger partial charge on any atom is 0.244 e. The second kappa shape index (κ2) is 13.1. The normalized spacial score (nSPS) is 12.0. The topological polar surface area (TPSA) is 86.8 Å². The Morgan fingerprint density at radius 2 is 1.61 bits per heavy atom. The van der Waals surface area contributed by atoms with Crippen LogP contribution in [0.3, 0.4) is 0 Å². The molecule has 0 spiro atoms. The van der Waals surface area contributed by atoms with Crippen LogP contribution in [0, 0.1) is 6.92 Å². The zero-order valence-electron chi connectivity index (χ0n) is 21.5. The Labute approximate surface area is 234 Å². The number of carbonyl (C=O) groups is 2. The van der Waals surface area contributed by atoms with Gasteiger partial charge in [0.05, 0.1) is 11.9 Å². The van der Waals surface area contributed by atoms with E-state index in [4.69, 9.17) is 23.2 Å². The van der Waals surface area contributed by atoms with E-state index in [-0.39, 0.29) is 24.6 Å². The van der Waals surface area contributed by atoms with Gasteiger partial charge in [0.2, 0.25) is 21.8 Å². The fraction of sp³-hybridized carbons (Fsp3) is 0.286. The maximum absolute atomic E-state index is 13.9. The Hall–Kier alpha value is -3.07. The number of hydrogen-bond donors (Lipinski definition) is 1. The van der Waals surface area contributed by atoms with Gasteiger partial charge in [-0.3, -0.25) is 13.9 Å². The Kier molecular flexibility index (Phi) is 10.2. The minimum atomic E-state index is -3.87. The molecule has 0 aromatic heterocycles. The van der Waals surface area contributed by atoms with Gasteiger partial charge in [-0.25, -0.2) is 8.42 Å². The second-order valence-corrected chi connectivity index (χ2v) is 11.6. The van der Waals surface area contributed by atoms with Crippen molar-refractivity contribution in [2.75, 3.05) is 23.7 Å². The highest BCUT2D eigenvalue weighted by Crippen LogP contribution is 2.26. The fourth-order valence-corrected chi connectivity index (χ4v) is 5.22. The molecule has 0 aliphatic rings. The van der Waals surface area contributed by atoms with Crippen molar-refractivity contribution in [2.24, 2.45) is 0 Å². The van der Waals surface area contributed by atoms with Gasteiger partial charge >= 0.3 is 0 Å². The smallest absolute Gasteiger partial charge is 0.244 e. The molecule has 202 valence electrons. The first kappa shape index (κ1) is 29.5. The number of sulfonamides is 1. The molecule has 0 aliphatic heterocycles. The number of hydrogen-bond acceptors (Lipinski definition) is 4. The van der Waals surface area contributed by atoms with Crippen LogP contribution >= 0.6 is 23.2 Å². The molecule has 0 unspecified atom stereocenters. The van der Waals surface area contributed by atoms with E-state index in [1.54, 1.807) is 50.2 Å². The van der Waals surface area contributed by atoms with Crippen molar-refractivity contribution in [2.45, 2.75) is 32.9 Å². The third kappa shape index (κ3) is 7.72. The summed E-state index contributed by atoms with van der Waals surface area (Å²) < 4.78 is 26.6. The Morgan fingerprint density at radius 3 is 2.21 bits per heavy atom. The number of nitrogens with zero attached hydrogens (tertiary/aromatic N) is 2. The number of halogens is 2. The van der Waals surface area contributed by atoms with Crippen LogP contribution in [0.1, 0.15) is 23.6 Å². The number of aryl methyl sites for hydroxylation is 1. The molecule has 0 fully saturated rings. The van der Waals surface area contributed by atoms with E-state index in [9.17, 15) is 18.0 Å². The summed E-state index contributed by atoms with van der Waals surface area (Å²) in [4.78, 5) is 28.7. The van der Waals surface area contributed by atoms with E-state index < -0.39 is 28.5 Å². The summed E-state index contributed by atoms with van der Waals surface area (Å²) in [6.45, 7) is 3.46. The second-order valence-electron chi connectivity index (χ2n) is 8.92. The number of anilines is 1. The molecule has 0 aliphatic carbocycles. The molecule has 7 nitrogen and oxygen atoms in total. The van der Waals surface area contributed by atoms with Crippen molar-refractivity contribution in [1.82, 2.24) is 10.2 Å². The number of nitrogens with one attached hydrogen (secondary N) is 1. The Morgan fingerprint density at radius 1 is 0.947 bits per heavy atom. The molecule has 2 amide bonds. The first-order valence-electron chi connectivity index (χ1n) is 12.1. The summed E-state index contributed by atoms with van der Waals surface area (Å²) in [5, 5.41) is 3.63. The minimum absolute atomic E-state index is 0.0133. The first-order chi connectivity index (χ1) is 18.0. The van der Waals surface area contributed by atoms with Gasteiger partial charge in [0, 0.05) is 29.6 Å². The highest BCUT2D eigenvalue weighted by atomic mass is 35.5. The van der Waals surface area contributed by atoms with Crippen LogP contribution < -0.4 is 9.62 Å². The molecule has 10 heteroatoms. The average molecular weight is 577 g/mol. The molecule has 1 atom stereocenters. The standard InChI is InChI=1S/C28H31Cl2N3O4S/c1-4-31-28(35)26(16-21-10-6-5-7-11-21)32(18-22-12-8-9-13-24(22)29)27(34)19-33(38(3,36)37)23-15-14-20(2)25(30)17-23/h5-15,17,26H,4,16,18-19H2,1-3H3,(H,31,35)/t26-/m1/s1. The highest BCUT2D eigenvalue weighted by Gasteiger charge is 2.33. The molecule has 0 saturated heterocycles.